The molecule has 8 heteroatoms. The van der Waals surface area contributed by atoms with Gasteiger partial charge in [0.1, 0.15) is 11.3 Å². The molecule has 0 aliphatic carbocycles. The molecule has 28 heavy (non-hydrogen) atoms. The molecule has 3 rings (SSSR count). The predicted molar refractivity (Wildman–Crippen MR) is 103 cm³/mol. The Morgan fingerprint density at radius 1 is 1.04 bits per heavy atom. The van der Waals surface area contributed by atoms with Crippen LogP contribution in [0, 0.1) is 10.1 Å². The molecular formula is C20H16N2O6. The third-order valence-corrected chi connectivity index (χ3v) is 3.98. The molecule has 0 spiro atoms. The van der Waals surface area contributed by atoms with Gasteiger partial charge in [-0.3, -0.25) is 14.9 Å². The van der Waals surface area contributed by atoms with Crippen LogP contribution < -0.4 is 10.1 Å². The number of methoxy groups -OCH3 is 1. The Morgan fingerprint density at radius 2 is 1.79 bits per heavy atom. The molecule has 0 bridgehead atoms. The molecule has 1 N–H and O–H groups in total. The molecule has 0 fully saturated rings. The third kappa shape index (κ3) is 4.24. The number of carbonyl (C=O) groups excluding carboxylic acids is 2. The van der Waals surface area contributed by atoms with Crippen molar-refractivity contribution in [3.63, 3.8) is 0 Å². The van der Waals surface area contributed by atoms with Crippen LogP contribution >= 0.6 is 0 Å². The summed E-state index contributed by atoms with van der Waals surface area (Å²) in [5.74, 6) is -1.31. The lowest BCUT2D eigenvalue weighted by molar-refractivity contribution is -0.384. The molecule has 3 aromatic carbocycles. The number of ether oxygens (including phenoxy) is 2. The quantitative estimate of drug-likeness (QED) is 0.398. The van der Waals surface area contributed by atoms with Crippen LogP contribution in [0.2, 0.25) is 0 Å². The van der Waals surface area contributed by atoms with Gasteiger partial charge < -0.3 is 14.8 Å². The fraction of sp³-hybridized carbons (Fsp3) is 0.100. The predicted octanol–water partition coefficient (Wildman–Crippen LogP) is 3.55. The molecule has 3 aromatic rings. The van der Waals surface area contributed by atoms with Gasteiger partial charge in [-0.05, 0) is 29.0 Å². The number of benzene rings is 3. The zero-order valence-electron chi connectivity index (χ0n) is 14.9. The highest BCUT2D eigenvalue weighted by Gasteiger charge is 2.19. The number of hydrogen-bond acceptors (Lipinski definition) is 6. The van der Waals surface area contributed by atoms with Gasteiger partial charge in [0, 0.05) is 17.8 Å². The summed E-state index contributed by atoms with van der Waals surface area (Å²) in [5.41, 5.74) is 0.149. The van der Waals surface area contributed by atoms with Crippen LogP contribution in [0.5, 0.6) is 5.75 Å². The summed E-state index contributed by atoms with van der Waals surface area (Å²) in [6.07, 6.45) is 0. The normalized spacial score (nSPS) is 10.3. The smallest absolute Gasteiger partial charge is 0.342 e. The Kier molecular flexibility index (Phi) is 5.50. The largest absolute Gasteiger partial charge is 0.496 e. The number of rotatable bonds is 6. The first-order chi connectivity index (χ1) is 13.5. The van der Waals surface area contributed by atoms with Gasteiger partial charge in [0.15, 0.2) is 6.61 Å². The first-order valence-electron chi connectivity index (χ1n) is 8.26. The fourth-order valence-corrected chi connectivity index (χ4v) is 2.64. The number of anilines is 1. The molecule has 0 aliphatic heterocycles. The lowest BCUT2D eigenvalue weighted by Gasteiger charge is -2.09. The second-order valence-corrected chi connectivity index (χ2v) is 5.83. The van der Waals surface area contributed by atoms with E-state index in [9.17, 15) is 19.7 Å². The van der Waals surface area contributed by atoms with Crippen LogP contribution in [0.1, 0.15) is 10.4 Å². The molecule has 0 radical (unpaired) electrons. The number of fused-ring (bicyclic) bond motifs is 1. The molecule has 0 unspecified atom stereocenters. The lowest BCUT2D eigenvalue weighted by Crippen LogP contribution is -2.21. The van der Waals surface area contributed by atoms with E-state index in [4.69, 9.17) is 9.47 Å². The van der Waals surface area contributed by atoms with Gasteiger partial charge >= 0.3 is 5.97 Å². The maximum absolute atomic E-state index is 12.2. The van der Waals surface area contributed by atoms with Crippen molar-refractivity contribution in [2.75, 3.05) is 19.0 Å². The zero-order chi connectivity index (χ0) is 20.1. The first kappa shape index (κ1) is 18.8. The monoisotopic (exact) mass is 380 g/mol. The van der Waals surface area contributed by atoms with E-state index < -0.39 is 23.4 Å². The molecule has 0 saturated heterocycles. The Morgan fingerprint density at radius 3 is 2.50 bits per heavy atom. The van der Waals surface area contributed by atoms with E-state index in [0.717, 1.165) is 16.8 Å². The highest BCUT2D eigenvalue weighted by Crippen LogP contribution is 2.25. The summed E-state index contributed by atoms with van der Waals surface area (Å²) in [7, 11) is 1.32. The SMILES string of the molecule is COc1ccc([N+](=O)[O-])cc1C(=O)OCC(=O)Nc1ccc2ccccc2c1. The van der Waals surface area contributed by atoms with Crippen molar-refractivity contribution in [3.8, 4) is 5.75 Å². The number of carbonyl (C=O) groups is 2. The topological polar surface area (TPSA) is 108 Å². The standard InChI is InChI=1S/C20H16N2O6/c1-27-18-9-8-16(22(25)26)11-17(18)20(24)28-12-19(23)21-15-7-6-13-4-2-3-5-14(13)10-15/h2-11H,12H2,1H3,(H,21,23). The van der Waals surface area contributed by atoms with E-state index in [0.29, 0.717) is 5.69 Å². The van der Waals surface area contributed by atoms with Crippen LogP contribution in [0.4, 0.5) is 11.4 Å². The molecule has 0 atom stereocenters. The van der Waals surface area contributed by atoms with E-state index in [1.807, 2.05) is 30.3 Å². The Bertz CT molecular complexity index is 1060. The van der Waals surface area contributed by atoms with Crippen molar-refractivity contribution in [2.24, 2.45) is 0 Å². The summed E-state index contributed by atoms with van der Waals surface area (Å²) in [6, 6.07) is 16.6. The maximum Gasteiger partial charge on any atom is 0.342 e. The summed E-state index contributed by atoms with van der Waals surface area (Å²) >= 11 is 0. The molecule has 0 heterocycles. The number of nitrogens with one attached hydrogen (secondary N) is 1. The van der Waals surface area contributed by atoms with Gasteiger partial charge in [-0.15, -0.1) is 0 Å². The lowest BCUT2D eigenvalue weighted by atomic mass is 10.1. The fourth-order valence-electron chi connectivity index (χ4n) is 2.64. The van der Waals surface area contributed by atoms with Gasteiger partial charge in [-0.25, -0.2) is 4.79 Å². The van der Waals surface area contributed by atoms with Gasteiger partial charge in [-0.1, -0.05) is 30.3 Å². The number of amides is 1. The van der Waals surface area contributed by atoms with Gasteiger partial charge in [0.2, 0.25) is 0 Å². The molecule has 8 nitrogen and oxygen atoms in total. The molecule has 1 amide bonds. The number of nitro groups is 1. The number of hydrogen-bond donors (Lipinski definition) is 1. The Labute approximate surface area is 159 Å². The van der Waals surface area contributed by atoms with Crippen molar-refractivity contribution in [1.29, 1.82) is 0 Å². The summed E-state index contributed by atoms with van der Waals surface area (Å²) in [5, 5.41) is 15.5. The van der Waals surface area contributed by atoms with Crippen molar-refractivity contribution < 1.29 is 24.0 Å². The Hall–Kier alpha value is -3.94. The minimum atomic E-state index is -0.894. The van der Waals surface area contributed by atoms with Crippen molar-refractivity contribution in [1.82, 2.24) is 0 Å². The summed E-state index contributed by atoms with van der Waals surface area (Å²) in [6.45, 7) is -0.544. The van der Waals surface area contributed by atoms with Crippen LogP contribution in [-0.4, -0.2) is 30.5 Å². The first-order valence-corrected chi connectivity index (χ1v) is 8.26. The average molecular weight is 380 g/mol. The average Bonchev–Trinajstić information content (AvgIpc) is 2.71. The minimum Gasteiger partial charge on any atom is -0.496 e. The number of esters is 1. The summed E-state index contributed by atoms with van der Waals surface area (Å²) in [4.78, 5) is 34.6. The molecule has 0 saturated carbocycles. The highest BCUT2D eigenvalue weighted by molar-refractivity contribution is 5.98. The van der Waals surface area contributed by atoms with Gasteiger partial charge in [0.25, 0.3) is 11.6 Å². The van der Waals surface area contributed by atoms with E-state index >= 15 is 0 Å². The number of non-ortho nitro benzene ring substituents is 1. The van der Waals surface area contributed by atoms with Gasteiger partial charge in [-0.2, -0.15) is 0 Å². The van der Waals surface area contributed by atoms with E-state index in [1.165, 1.54) is 19.2 Å². The second kappa shape index (κ2) is 8.17. The Balaban J connectivity index is 1.66. The molecule has 0 aliphatic rings. The van der Waals surface area contributed by atoms with Crippen molar-refractivity contribution >= 4 is 34.0 Å². The van der Waals surface area contributed by atoms with E-state index in [2.05, 4.69) is 5.32 Å². The molecule has 142 valence electrons. The van der Waals surface area contributed by atoms with Crippen LogP contribution in [-0.2, 0) is 9.53 Å². The van der Waals surface area contributed by atoms with Gasteiger partial charge in [0.05, 0.1) is 12.0 Å². The molecular weight excluding hydrogens is 364 g/mol. The van der Waals surface area contributed by atoms with Crippen LogP contribution in [0.25, 0.3) is 10.8 Å². The van der Waals surface area contributed by atoms with Crippen LogP contribution in [0.3, 0.4) is 0 Å². The number of nitrogens with zero attached hydrogens (tertiary/aromatic N) is 1. The minimum absolute atomic E-state index is 0.116. The highest BCUT2D eigenvalue weighted by atomic mass is 16.6. The third-order valence-electron chi connectivity index (χ3n) is 3.98. The number of nitro benzene ring substituents is 1. The van der Waals surface area contributed by atoms with E-state index in [1.54, 1.807) is 12.1 Å². The maximum atomic E-state index is 12.2. The van der Waals surface area contributed by atoms with Crippen molar-refractivity contribution in [2.45, 2.75) is 0 Å². The zero-order valence-corrected chi connectivity index (χ0v) is 14.9. The van der Waals surface area contributed by atoms with Crippen molar-refractivity contribution in [3.05, 3.63) is 76.3 Å². The second-order valence-electron chi connectivity index (χ2n) is 5.83. The van der Waals surface area contributed by atoms with E-state index in [-0.39, 0.29) is 17.0 Å². The van der Waals surface area contributed by atoms with Crippen LogP contribution in [0.15, 0.2) is 60.7 Å². The summed E-state index contributed by atoms with van der Waals surface area (Å²) < 4.78 is 9.99. The molecule has 0 aromatic heterocycles.